The summed E-state index contributed by atoms with van der Waals surface area (Å²) >= 11 is 5.36. The maximum absolute atomic E-state index is 5.48. The summed E-state index contributed by atoms with van der Waals surface area (Å²) < 4.78 is 5.48. The van der Waals surface area contributed by atoms with Gasteiger partial charge in [0.15, 0.2) is 5.11 Å². The van der Waals surface area contributed by atoms with E-state index in [2.05, 4.69) is 28.5 Å². The van der Waals surface area contributed by atoms with Crippen LogP contribution in [0.5, 0.6) is 0 Å². The molecule has 1 aromatic carbocycles. The lowest BCUT2D eigenvalue weighted by molar-refractivity contribution is 0.259. The van der Waals surface area contributed by atoms with Crippen LogP contribution >= 0.6 is 12.2 Å². The third-order valence-corrected chi connectivity index (χ3v) is 3.59. The van der Waals surface area contributed by atoms with Crippen LogP contribution in [-0.2, 0) is 0 Å². The fraction of sp³-hybridized carbons (Fsp3) is 0.312. The van der Waals surface area contributed by atoms with Gasteiger partial charge in [0.25, 0.3) is 0 Å². The number of thiocarbonyl (C=S) groups is 1. The molecular weight excluding hydrogens is 282 g/mol. The average molecular weight is 303 g/mol. The van der Waals surface area contributed by atoms with Crippen molar-refractivity contribution in [2.75, 3.05) is 26.0 Å². The summed E-state index contributed by atoms with van der Waals surface area (Å²) in [5, 5.41) is 7.08. The van der Waals surface area contributed by atoms with Crippen molar-refractivity contribution >= 4 is 23.0 Å². The van der Waals surface area contributed by atoms with Crippen LogP contribution in [0.2, 0.25) is 0 Å². The fourth-order valence-electron chi connectivity index (χ4n) is 2.09. The Morgan fingerprint density at radius 1 is 1.24 bits per heavy atom. The number of para-hydroxylation sites is 1. The van der Waals surface area contributed by atoms with Crippen LogP contribution in [0.3, 0.4) is 0 Å². The third-order valence-electron chi connectivity index (χ3n) is 3.34. The summed E-state index contributed by atoms with van der Waals surface area (Å²) in [6.45, 7) is 2.73. The summed E-state index contributed by atoms with van der Waals surface area (Å²) in [6, 6.07) is 12.1. The molecule has 0 saturated heterocycles. The minimum absolute atomic E-state index is 0.136. The quantitative estimate of drug-likeness (QED) is 0.830. The largest absolute Gasteiger partial charge is 0.468 e. The SMILES string of the molecule is Cc1ccccc1NC(=S)NC[C@@H](c1ccco1)N(C)C. The van der Waals surface area contributed by atoms with Crippen molar-refractivity contribution in [3.8, 4) is 0 Å². The van der Waals surface area contributed by atoms with Crippen molar-refractivity contribution in [2.45, 2.75) is 13.0 Å². The Hall–Kier alpha value is -1.85. The van der Waals surface area contributed by atoms with E-state index in [9.17, 15) is 0 Å². The molecule has 112 valence electrons. The first-order valence-corrected chi connectivity index (χ1v) is 7.29. The highest BCUT2D eigenvalue weighted by Gasteiger charge is 2.17. The minimum Gasteiger partial charge on any atom is -0.468 e. The van der Waals surface area contributed by atoms with Gasteiger partial charge < -0.3 is 15.1 Å². The normalized spacial score (nSPS) is 12.2. The van der Waals surface area contributed by atoms with E-state index in [1.807, 2.05) is 44.4 Å². The van der Waals surface area contributed by atoms with Gasteiger partial charge in [0.1, 0.15) is 5.76 Å². The van der Waals surface area contributed by atoms with E-state index in [-0.39, 0.29) is 6.04 Å². The second kappa shape index (κ2) is 7.24. The number of rotatable bonds is 5. The van der Waals surface area contributed by atoms with Crippen LogP contribution in [-0.4, -0.2) is 30.7 Å². The van der Waals surface area contributed by atoms with Gasteiger partial charge in [-0.3, -0.25) is 4.90 Å². The van der Waals surface area contributed by atoms with Crippen LogP contribution in [0.1, 0.15) is 17.4 Å². The zero-order chi connectivity index (χ0) is 15.2. The number of likely N-dealkylation sites (N-methyl/N-ethyl adjacent to an activating group) is 1. The fourth-order valence-corrected chi connectivity index (χ4v) is 2.28. The summed E-state index contributed by atoms with van der Waals surface area (Å²) in [7, 11) is 4.04. The van der Waals surface area contributed by atoms with Crippen molar-refractivity contribution in [2.24, 2.45) is 0 Å². The van der Waals surface area contributed by atoms with E-state index in [0.717, 1.165) is 17.0 Å². The molecule has 0 aliphatic heterocycles. The standard InChI is InChI=1S/C16H21N3OS/c1-12-7-4-5-8-13(12)18-16(21)17-11-14(19(2)3)15-9-6-10-20-15/h4-10,14H,11H2,1-3H3,(H2,17,18,21)/t14-/m0/s1. The molecule has 0 fully saturated rings. The molecule has 0 saturated carbocycles. The lowest BCUT2D eigenvalue weighted by Gasteiger charge is -2.23. The molecule has 0 aliphatic rings. The van der Waals surface area contributed by atoms with Gasteiger partial charge in [-0.2, -0.15) is 0 Å². The van der Waals surface area contributed by atoms with Crippen LogP contribution in [0, 0.1) is 6.92 Å². The third kappa shape index (κ3) is 4.31. The molecule has 21 heavy (non-hydrogen) atoms. The van der Waals surface area contributed by atoms with Gasteiger partial charge in [-0.1, -0.05) is 18.2 Å². The van der Waals surface area contributed by atoms with Crippen molar-refractivity contribution in [3.05, 3.63) is 54.0 Å². The molecule has 0 amide bonds. The average Bonchev–Trinajstić information content (AvgIpc) is 2.95. The maximum atomic E-state index is 5.48. The molecule has 2 rings (SSSR count). The number of nitrogens with zero attached hydrogens (tertiary/aromatic N) is 1. The van der Waals surface area contributed by atoms with Gasteiger partial charge in [-0.25, -0.2) is 0 Å². The molecule has 0 aliphatic carbocycles. The lowest BCUT2D eigenvalue weighted by Crippen LogP contribution is -2.36. The smallest absolute Gasteiger partial charge is 0.170 e. The predicted molar refractivity (Wildman–Crippen MR) is 90.5 cm³/mol. The monoisotopic (exact) mass is 303 g/mol. The van der Waals surface area contributed by atoms with Gasteiger partial charge in [-0.15, -0.1) is 0 Å². The molecule has 1 heterocycles. The first-order chi connectivity index (χ1) is 10.1. The van der Waals surface area contributed by atoms with Crippen LogP contribution in [0.4, 0.5) is 5.69 Å². The van der Waals surface area contributed by atoms with Crippen molar-refractivity contribution in [3.63, 3.8) is 0 Å². The zero-order valence-electron chi connectivity index (χ0n) is 12.6. The molecular formula is C16H21N3OS. The van der Waals surface area contributed by atoms with Crippen molar-refractivity contribution in [1.29, 1.82) is 0 Å². The molecule has 2 N–H and O–H groups in total. The first-order valence-electron chi connectivity index (χ1n) is 6.88. The van der Waals surface area contributed by atoms with Crippen LogP contribution in [0.25, 0.3) is 0 Å². The predicted octanol–water partition coefficient (Wildman–Crippen LogP) is 3.18. The minimum atomic E-state index is 0.136. The first kappa shape index (κ1) is 15.5. The Balaban J connectivity index is 1.92. The second-order valence-corrected chi connectivity index (χ2v) is 5.55. The second-order valence-electron chi connectivity index (χ2n) is 5.14. The topological polar surface area (TPSA) is 40.4 Å². The summed E-state index contributed by atoms with van der Waals surface area (Å²) in [5.41, 5.74) is 2.19. The number of benzene rings is 1. The van der Waals surface area contributed by atoms with Gasteiger partial charge in [0.05, 0.1) is 12.3 Å². The Labute approximate surface area is 131 Å². The number of hydrogen-bond acceptors (Lipinski definition) is 3. The summed E-state index contributed by atoms with van der Waals surface area (Å²) in [5.74, 6) is 0.922. The Morgan fingerprint density at radius 3 is 2.62 bits per heavy atom. The van der Waals surface area contributed by atoms with E-state index in [0.29, 0.717) is 11.7 Å². The Morgan fingerprint density at radius 2 is 2.00 bits per heavy atom. The van der Waals surface area contributed by atoms with Crippen LogP contribution < -0.4 is 10.6 Å². The van der Waals surface area contributed by atoms with Gasteiger partial charge in [-0.05, 0) is 57.0 Å². The van der Waals surface area contributed by atoms with Crippen molar-refractivity contribution in [1.82, 2.24) is 10.2 Å². The summed E-state index contributed by atoms with van der Waals surface area (Å²) in [6.07, 6.45) is 1.69. The molecule has 1 atom stereocenters. The van der Waals surface area contributed by atoms with E-state index in [4.69, 9.17) is 16.6 Å². The molecule has 4 nitrogen and oxygen atoms in total. The molecule has 0 radical (unpaired) electrons. The number of aryl methyl sites for hydroxylation is 1. The molecule has 0 bridgehead atoms. The molecule has 1 aromatic heterocycles. The number of nitrogens with one attached hydrogen (secondary N) is 2. The van der Waals surface area contributed by atoms with E-state index >= 15 is 0 Å². The lowest BCUT2D eigenvalue weighted by atomic mass is 10.2. The number of anilines is 1. The van der Waals surface area contributed by atoms with Crippen molar-refractivity contribution < 1.29 is 4.42 Å². The van der Waals surface area contributed by atoms with E-state index < -0.39 is 0 Å². The van der Waals surface area contributed by atoms with E-state index in [1.54, 1.807) is 6.26 Å². The summed E-state index contributed by atoms with van der Waals surface area (Å²) in [4.78, 5) is 2.10. The highest BCUT2D eigenvalue weighted by Crippen LogP contribution is 2.18. The Kier molecular flexibility index (Phi) is 5.36. The molecule has 0 unspecified atom stereocenters. The maximum Gasteiger partial charge on any atom is 0.170 e. The van der Waals surface area contributed by atoms with E-state index in [1.165, 1.54) is 0 Å². The molecule has 0 spiro atoms. The highest BCUT2D eigenvalue weighted by molar-refractivity contribution is 7.80. The highest BCUT2D eigenvalue weighted by atomic mass is 32.1. The van der Waals surface area contributed by atoms with Gasteiger partial charge in [0, 0.05) is 12.2 Å². The zero-order valence-corrected chi connectivity index (χ0v) is 13.4. The van der Waals surface area contributed by atoms with Gasteiger partial charge >= 0.3 is 0 Å². The molecule has 5 heteroatoms. The van der Waals surface area contributed by atoms with Gasteiger partial charge in [0.2, 0.25) is 0 Å². The van der Waals surface area contributed by atoms with Crippen LogP contribution in [0.15, 0.2) is 47.1 Å². The number of furan rings is 1. The Bertz CT molecular complexity index is 581. The number of hydrogen-bond donors (Lipinski definition) is 2. The molecule has 2 aromatic rings.